The number of ether oxygens (including phenoxy) is 1. The number of carbonyl (C=O) groups is 1. The summed E-state index contributed by atoms with van der Waals surface area (Å²) in [4.78, 5) is 17.4. The molecule has 27 heavy (non-hydrogen) atoms. The molecule has 6 nitrogen and oxygen atoms in total. The van der Waals surface area contributed by atoms with Gasteiger partial charge >= 0.3 is 5.97 Å². The van der Waals surface area contributed by atoms with Crippen molar-refractivity contribution >= 4 is 17.3 Å². The number of benzene rings is 1. The van der Waals surface area contributed by atoms with Gasteiger partial charge in [-0.1, -0.05) is 12.1 Å². The number of carboxylic acid groups (broad SMARTS) is 1. The van der Waals surface area contributed by atoms with E-state index in [0.29, 0.717) is 18.8 Å². The van der Waals surface area contributed by atoms with Crippen LogP contribution in [0.1, 0.15) is 35.4 Å². The molecule has 2 heterocycles. The molecular weight excluding hydrogens is 364 g/mol. The van der Waals surface area contributed by atoms with Crippen LogP contribution in [0.25, 0.3) is 0 Å². The number of aromatic nitrogens is 1. The minimum Gasteiger partial charge on any atom is -0.508 e. The van der Waals surface area contributed by atoms with Gasteiger partial charge in [-0.25, -0.2) is 4.98 Å². The summed E-state index contributed by atoms with van der Waals surface area (Å²) in [5.41, 5.74) is 1.76. The molecule has 0 radical (unpaired) electrons. The predicted octanol–water partition coefficient (Wildman–Crippen LogP) is 2.89. The standard InChI is InChI=1S/C20H26N2O4S/c1-22-9-6-20(7-10-22,19-21-8-13-27-19)16-14-15(2-3-17(16)23)4-11-26-12-5-18(24)25/h2-3,8,13-14,23H,4-7,9-12H2,1H3,(H,24,25). The van der Waals surface area contributed by atoms with Gasteiger partial charge in [0, 0.05) is 17.1 Å². The van der Waals surface area contributed by atoms with Crippen LogP contribution in [0.15, 0.2) is 29.8 Å². The highest BCUT2D eigenvalue weighted by molar-refractivity contribution is 7.09. The Morgan fingerprint density at radius 3 is 2.78 bits per heavy atom. The van der Waals surface area contributed by atoms with Gasteiger partial charge in [0.15, 0.2) is 0 Å². The molecule has 0 amide bonds. The van der Waals surface area contributed by atoms with Gasteiger partial charge in [0.2, 0.25) is 0 Å². The van der Waals surface area contributed by atoms with Crippen LogP contribution in [-0.4, -0.2) is 59.4 Å². The molecule has 0 atom stereocenters. The largest absolute Gasteiger partial charge is 0.508 e. The first-order valence-electron chi connectivity index (χ1n) is 9.22. The molecule has 1 fully saturated rings. The Morgan fingerprint density at radius 2 is 2.11 bits per heavy atom. The summed E-state index contributed by atoms with van der Waals surface area (Å²) in [6, 6.07) is 5.74. The first-order chi connectivity index (χ1) is 13.0. The van der Waals surface area contributed by atoms with Crippen LogP contribution < -0.4 is 0 Å². The van der Waals surface area contributed by atoms with Crippen LogP contribution in [-0.2, 0) is 21.4 Å². The number of phenolic OH excluding ortho intramolecular Hbond substituents is 1. The molecule has 0 saturated carbocycles. The molecule has 0 spiro atoms. The molecular formula is C20H26N2O4S. The molecule has 146 valence electrons. The van der Waals surface area contributed by atoms with E-state index in [4.69, 9.17) is 9.84 Å². The Labute approximate surface area is 163 Å². The van der Waals surface area contributed by atoms with E-state index in [9.17, 15) is 9.90 Å². The van der Waals surface area contributed by atoms with E-state index in [1.54, 1.807) is 17.4 Å². The molecule has 3 rings (SSSR count). The Bertz CT molecular complexity index is 755. The summed E-state index contributed by atoms with van der Waals surface area (Å²) < 4.78 is 5.42. The molecule has 0 aliphatic carbocycles. The minimum absolute atomic E-state index is 0.0154. The number of piperidine rings is 1. The Balaban J connectivity index is 1.80. The summed E-state index contributed by atoms with van der Waals surface area (Å²) in [6.45, 7) is 2.60. The van der Waals surface area contributed by atoms with Crippen molar-refractivity contribution < 1.29 is 19.7 Å². The fourth-order valence-corrected chi connectivity index (χ4v) is 4.54. The molecule has 0 unspecified atom stereocenters. The van der Waals surface area contributed by atoms with E-state index in [1.165, 1.54) is 0 Å². The van der Waals surface area contributed by atoms with E-state index in [1.807, 2.05) is 17.6 Å². The second-order valence-electron chi connectivity index (χ2n) is 7.08. The second kappa shape index (κ2) is 8.82. The van der Waals surface area contributed by atoms with Crippen molar-refractivity contribution in [1.29, 1.82) is 0 Å². The Kier molecular flexibility index (Phi) is 6.46. The normalized spacial score (nSPS) is 17.1. The van der Waals surface area contributed by atoms with Crippen LogP contribution in [0, 0.1) is 0 Å². The maximum absolute atomic E-state index is 10.7. The van der Waals surface area contributed by atoms with Crippen molar-refractivity contribution in [2.45, 2.75) is 31.1 Å². The predicted molar refractivity (Wildman–Crippen MR) is 105 cm³/mol. The SMILES string of the molecule is CN1CCC(c2nccs2)(c2cc(CCOCCC(=O)O)ccc2O)CC1. The maximum atomic E-state index is 10.7. The molecule has 2 aromatic rings. The summed E-state index contributed by atoms with van der Waals surface area (Å²) in [5, 5.41) is 22.4. The Morgan fingerprint density at radius 1 is 1.33 bits per heavy atom. The van der Waals surface area contributed by atoms with Crippen molar-refractivity contribution in [2.75, 3.05) is 33.4 Å². The molecule has 2 N–H and O–H groups in total. The van der Waals surface area contributed by atoms with Crippen molar-refractivity contribution in [3.05, 3.63) is 45.9 Å². The fraction of sp³-hybridized carbons (Fsp3) is 0.500. The first-order valence-corrected chi connectivity index (χ1v) is 10.1. The average Bonchev–Trinajstić information content (AvgIpc) is 3.19. The van der Waals surface area contributed by atoms with Gasteiger partial charge in [-0.15, -0.1) is 11.3 Å². The van der Waals surface area contributed by atoms with Crippen molar-refractivity contribution in [2.24, 2.45) is 0 Å². The van der Waals surface area contributed by atoms with Gasteiger partial charge in [-0.05, 0) is 51.0 Å². The van der Waals surface area contributed by atoms with Gasteiger partial charge in [-0.3, -0.25) is 4.79 Å². The van der Waals surface area contributed by atoms with Gasteiger partial charge in [0.05, 0.1) is 25.0 Å². The van der Waals surface area contributed by atoms with Gasteiger partial charge in [0.25, 0.3) is 0 Å². The molecule has 1 aromatic carbocycles. The van der Waals surface area contributed by atoms with E-state index in [2.05, 4.69) is 23.0 Å². The lowest BCUT2D eigenvalue weighted by atomic mass is 9.72. The van der Waals surface area contributed by atoms with Crippen molar-refractivity contribution in [1.82, 2.24) is 9.88 Å². The van der Waals surface area contributed by atoms with E-state index in [-0.39, 0.29) is 18.4 Å². The number of likely N-dealkylation sites (tertiary alicyclic amines) is 1. The van der Waals surface area contributed by atoms with Crippen LogP contribution in [0.3, 0.4) is 0 Å². The lowest BCUT2D eigenvalue weighted by Crippen LogP contribution is -2.41. The number of aliphatic carboxylic acids is 1. The van der Waals surface area contributed by atoms with Gasteiger partial charge < -0.3 is 19.8 Å². The van der Waals surface area contributed by atoms with E-state index >= 15 is 0 Å². The highest BCUT2D eigenvalue weighted by Gasteiger charge is 2.41. The highest BCUT2D eigenvalue weighted by atomic mass is 32.1. The quantitative estimate of drug-likeness (QED) is 0.675. The van der Waals surface area contributed by atoms with Crippen LogP contribution in [0.4, 0.5) is 0 Å². The zero-order valence-corrected chi connectivity index (χ0v) is 16.4. The van der Waals surface area contributed by atoms with Crippen molar-refractivity contribution in [3.63, 3.8) is 0 Å². The fourth-order valence-electron chi connectivity index (χ4n) is 3.63. The zero-order valence-electron chi connectivity index (χ0n) is 15.6. The number of rotatable bonds is 8. The van der Waals surface area contributed by atoms with Gasteiger partial charge in [0.1, 0.15) is 10.8 Å². The summed E-state index contributed by atoms with van der Waals surface area (Å²) in [5.74, 6) is -0.542. The van der Waals surface area contributed by atoms with Crippen LogP contribution in [0.5, 0.6) is 5.75 Å². The average molecular weight is 391 g/mol. The number of carboxylic acids is 1. The third kappa shape index (κ3) is 4.66. The van der Waals surface area contributed by atoms with Crippen LogP contribution in [0.2, 0.25) is 0 Å². The summed E-state index contributed by atoms with van der Waals surface area (Å²) in [6.07, 6.45) is 4.37. The molecule has 0 bridgehead atoms. The maximum Gasteiger partial charge on any atom is 0.305 e. The number of aromatic hydroxyl groups is 1. The summed E-state index contributed by atoms with van der Waals surface area (Å²) in [7, 11) is 2.12. The number of hydrogen-bond acceptors (Lipinski definition) is 6. The number of hydrogen-bond donors (Lipinski definition) is 2. The third-order valence-corrected chi connectivity index (χ3v) is 6.23. The van der Waals surface area contributed by atoms with Crippen LogP contribution >= 0.6 is 11.3 Å². The minimum atomic E-state index is -0.852. The highest BCUT2D eigenvalue weighted by Crippen LogP contribution is 2.46. The molecule has 1 saturated heterocycles. The molecule has 1 aliphatic heterocycles. The monoisotopic (exact) mass is 390 g/mol. The third-order valence-electron chi connectivity index (χ3n) is 5.25. The number of nitrogens with zero attached hydrogens (tertiary/aromatic N) is 2. The van der Waals surface area contributed by atoms with Gasteiger partial charge in [-0.2, -0.15) is 0 Å². The first kappa shape index (κ1) is 19.8. The van der Waals surface area contributed by atoms with E-state index < -0.39 is 5.97 Å². The smallest absolute Gasteiger partial charge is 0.305 e. The Hall–Kier alpha value is -1.96. The lowest BCUT2D eigenvalue weighted by molar-refractivity contribution is -0.138. The summed E-state index contributed by atoms with van der Waals surface area (Å²) >= 11 is 1.65. The molecule has 1 aliphatic rings. The molecule has 1 aromatic heterocycles. The zero-order chi connectivity index (χ0) is 19.3. The second-order valence-corrected chi connectivity index (χ2v) is 7.97. The molecule has 7 heteroatoms. The topological polar surface area (TPSA) is 82.9 Å². The number of phenols is 1. The van der Waals surface area contributed by atoms with E-state index in [0.717, 1.165) is 42.1 Å². The lowest BCUT2D eigenvalue weighted by Gasteiger charge is -2.40. The number of thiazole rings is 1. The van der Waals surface area contributed by atoms with Crippen molar-refractivity contribution in [3.8, 4) is 5.75 Å².